The molecule has 0 bridgehead atoms. The maximum absolute atomic E-state index is 7.00. The van der Waals surface area contributed by atoms with Crippen molar-refractivity contribution in [2.24, 2.45) is 0 Å². The molecule has 0 atom stereocenters. The van der Waals surface area contributed by atoms with Crippen LogP contribution in [0.4, 0.5) is 5.82 Å². The van der Waals surface area contributed by atoms with Crippen LogP contribution in [0.3, 0.4) is 0 Å². The highest BCUT2D eigenvalue weighted by molar-refractivity contribution is 5.81. The van der Waals surface area contributed by atoms with Crippen LogP contribution >= 0.6 is 0 Å². The molecule has 98 valence electrons. The standard InChI is InChI=1S/C12H11N5.CH4O/c1-2-4-9(5-3-1)6-13-11-10-12(15-7-14-10)17-8-16-11;1-2/h1-5,7-8H,6H2,(H2,13,14,15,16,17);2H,1H3. The molecular formula is C13H15N5O. The van der Waals surface area contributed by atoms with Crippen LogP contribution in [-0.4, -0.2) is 32.2 Å². The minimum atomic E-state index is 0.676. The third-order valence-corrected chi connectivity index (χ3v) is 2.53. The molecule has 0 saturated heterocycles. The Hall–Kier alpha value is -2.47. The van der Waals surface area contributed by atoms with Gasteiger partial charge in [0.05, 0.1) is 6.33 Å². The molecule has 0 radical (unpaired) electrons. The maximum atomic E-state index is 7.00. The lowest BCUT2D eigenvalue weighted by Crippen LogP contribution is -2.02. The summed E-state index contributed by atoms with van der Waals surface area (Å²) in [7, 11) is 1.00. The molecule has 6 heteroatoms. The maximum Gasteiger partial charge on any atom is 0.182 e. The highest BCUT2D eigenvalue weighted by atomic mass is 16.2. The van der Waals surface area contributed by atoms with Crippen molar-refractivity contribution in [2.45, 2.75) is 6.54 Å². The van der Waals surface area contributed by atoms with Gasteiger partial charge < -0.3 is 15.4 Å². The number of rotatable bonds is 3. The number of anilines is 1. The fourth-order valence-electron chi connectivity index (χ4n) is 1.68. The van der Waals surface area contributed by atoms with E-state index in [0.29, 0.717) is 5.65 Å². The van der Waals surface area contributed by atoms with Gasteiger partial charge in [0.1, 0.15) is 11.8 Å². The normalized spacial score (nSPS) is 9.79. The molecule has 6 nitrogen and oxygen atoms in total. The van der Waals surface area contributed by atoms with Gasteiger partial charge in [-0.1, -0.05) is 30.3 Å². The first kappa shape index (κ1) is 13.0. The molecule has 0 saturated carbocycles. The molecule has 0 aliphatic rings. The quantitative estimate of drug-likeness (QED) is 0.663. The average molecular weight is 257 g/mol. The Kier molecular flexibility index (Phi) is 4.41. The van der Waals surface area contributed by atoms with E-state index in [0.717, 1.165) is 25.0 Å². The van der Waals surface area contributed by atoms with Crippen LogP contribution in [0.15, 0.2) is 43.0 Å². The fourth-order valence-corrected chi connectivity index (χ4v) is 1.68. The molecule has 2 aromatic heterocycles. The third-order valence-electron chi connectivity index (χ3n) is 2.53. The van der Waals surface area contributed by atoms with Crippen molar-refractivity contribution in [3.05, 3.63) is 48.5 Å². The van der Waals surface area contributed by atoms with Gasteiger partial charge in [0.15, 0.2) is 11.5 Å². The van der Waals surface area contributed by atoms with Crippen molar-refractivity contribution < 1.29 is 5.11 Å². The topological polar surface area (TPSA) is 86.7 Å². The SMILES string of the molecule is CO.c1ccc(CNc2ncnc3nc[nH]c23)cc1. The summed E-state index contributed by atoms with van der Waals surface area (Å²) in [5.41, 5.74) is 2.72. The largest absolute Gasteiger partial charge is 0.400 e. The van der Waals surface area contributed by atoms with Gasteiger partial charge in [-0.05, 0) is 5.56 Å². The van der Waals surface area contributed by atoms with E-state index in [2.05, 4.69) is 37.4 Å². The number of benzene rings is 1. The predicted octanol–water partition coefficient (Wildman–Crippen LogP) is 1.57. The second kappa shape index (κ2) is 6.46. The zero-order valence-electron chi connectivity index (χ0n) is 10.5. The van der Waals surface area contributed by atoms with Crippen molar-refractivity contribution in [1.82, 2.24) is 19.9 Å². The summed E-state index contributed by atoms with van der Waals surface area (Å²) in [6.07, 6.45) is 3.13. The van der Waals surface area contributed by atoms with Gasteiger partial charge in [-0.3, -0.25) is 0 Å². The number of H-pyrrole nitrogens is 1. The van der Waals surface area contributed by atoms with Crippen molar-refractivity contribution >= 4 is 17.0 Å². The van der Waals surface area contributed by atoms with Gasteiger partial charge in [-0.2, -0.15) is 0 Å². The number of aliphatic hydroxyl groups excluding tert-OH is 1. The van der Waals surface area contributed by atoms with Crippen molar-refractivity contribution in [1.29, 1.82) is 0 Å². The number of nitrogens with zero attached hydrogens (tertiary/aromatic N) is 3. The first-order valence-electron chi connectivity index (χ1n) is 5.80. The van der Waals surface area contributed by atoms with Crippen molar-refractivity contribution in [2.75, 3.05) is 12.4 Å². The van der Waals surface area contributed by atoms with Gasteiger partial charge in [0, 0.05) is 13.7 Å². The van der Waals surface area contributed by atoms with E-state index in [1.165, 1.54) is 11.9 Å². The number of imidazole rings is 1. The monoisotopic (exact) mass is 257 g/mol. The van der Waals surface area contributed by atoms with Crippen molar-refractivity contribution in [3.8, 4) is 0 Å². The van der Waals surface area contributed by atoms with E-state index in [4.69, 9.17) is 5.11 Å². The Morgan fingerprint density at radius 1 is 1.11 bits per heavy atom. The second-order valence-electron chi connectivity index (χ2n) is 3.66. The molecule has 3 rings (SSSR count). The lowest BCUT2D eigenvalue weighted by molar-refractivity contribution is 0.399. The highest BCUT2D eigenvalue weighted by Crippen LogP contribution is 2.15. The number of hydrogen-bond donors (Lipinski definition) is 3. The second-order valence-corrected chi connectivity index (χ2v) is 3.66. The summed E-state index contributed by atoms with van der Waals surface area (Å²) in [6, 6.07) is 10.2. The fraction of sp³-hybridized carbons (Fsp3) is 0.154. The average Bonchev–Trinajstić information content (AvgIpc) is 2.97. The molecular weight excluding hydrogens is 242 g/mol. The summed E-state index contributed by atoms with van der Waals surface area (Å²) >= 11 is 0. The number of aliphatic hydroxyl groups is 1. The van der Waals surface area contributed by atoms with E-state index < -0.39 is 0 Å². The lowest BCUT2D eigenvalue weighted by Gasteiger charge is -2.05. The van der Waals surface area contributed by atoms with Crippen LogP contribution < -0.4 is 5.32 Å². The minimum absolute atomic E-state index is 0.676. The molecule has 0 fully saturated rings. The van der Waals surface area contributed by atoms with E-state index in [1.54, 1.807) is 6.33 Å². The molecule has 3 aromatic rings. The number of aromatic amines is 1. The summed E-state index contributed by atoms with van der Waals surface area (Å²) in [4.78, 5) is 15.4. The van der Waals surface area contributed by atoms with Gasteiger partial charge in [-0.25, -0.2) is 15.0 Å². The Morgan fingerprint density at radius 2 is 1.89 bits per heavy atom. The zero-order chi connectivity index (χ0) is 13.5. The van der Waals surface area contributed by atoms with E-state index in [1.807, 2.05) is 18.2 Å². The minimum Gasteiger partial charge on any atom is -0.400 e. The van der Waals surface area contributed by atoms with Crippen LogP contribution in [0.25, 0.3) is 11.2 Å². The molecule has 3 N–H and O–H groups in total. The first-order valence-corrected chi connectivity index (χ1v) is 5.80. The number of hydrogen-bond acceptors (Lipinski definition) is 5. The first-order chi connectivity index (χ1) is 9.43. The van der Waals surface area contributed by atoms with Crippen LogP contribution in [-0.2, 0) is 6.54 Å². The molecule has 2 heterocycles. The van der Waals surface area contributed by atoms with Crippen LogP contribution in [0.2, 0.25) is 0 Å². The summed E-state index contributed by atoms with van der Waals surface area (Å²) in [6.45, 7) is 0.728. The highest BCUT2D eigenvalue weighted by Gasteiger charge is 2.04. The van der Waals surface area contributed by atoms with Crippen LogP contribution in [0.5, 0.6) is 0 Å². The molecule has 0 aliphatic heterocycles. The van der Waals surface area contributed by atoms with Crippen LogP contribution in [0, 0.1) is 0 Å². The summed E-state index contributed by atoms with van der Waals surface area (Å²) in [5, 5.41) is 10.3. The predicted molar refractivity (Wildman–Crippen MR) is 73.6 cm³/mol. The molecule has 0 amide bonds. The smallest absolute Gasteiger partial charge is 0.182 e. The molecule has 0 unspecified atom stereocenters. The van der Waals surface area contributed by atoms with Gasteiger partial charge in [0.25, 0.3) is 0 Å². The van der Waals surface area contributed by atoms with E-state index in [-0.39, 0.29) is 0 Å². The Bertz CT molecular complexity index is 623. The summed E-state index contributed by atoms with van der Waals surface area (Å²) in [5.74, 6) is 0.774. The number of nitrogens with one attached hydrogen (secondary N) is 2. The van der Waals surface area contributed by atoms with Crippen molar-refractivity contribution in [3.63, 3.8) is 0 Å². The lowest BCUT2D eigenvalue weighted by atomic mass is 10.2. The van der Waals surface area contributed by atoms with E-state index >= 15 is 0 Å². The molecule has 0 spiro atoms. The molecule has 0 aliphatic carbocycles. The van der Waals surface area contributed by atoms with E-state index in [9.17, 15) is 0 Å². The van der Waals surface area contributed by atoms with Gasteiger partial charge in [-0.15, -0.1) is 0 Å². The number of aromatic nitrogens is 4. The Morgan fingerprint density at radius 3 is 2.68 bits per heavy atom. The zero-order valence-corrected chi connectivity index (χ0v) is 10.5. The van der Waals surface area contributed by atoms with Crippen LogP contribution in [0.1, 0.15) is 5.56 Å². The molecule has 19 heavy (non-hydrogen) atoms. The third kappa shape index (κ3) is 3.05. The Balaban J connectivity index is 0.000000637. The molecule has 1 aromatic carbocycles. The Labute approximate surface area is 110 Å². The number of fused-ring (bicyclic) bond motifs is 1. The summed E-state index contributed by atoms with van der Waals surface area (Å²) < 4.78 is 0. The van der Waals surface area contributed by atoms with Gasteiger partial charge in [0.2, 0.25) is 0 Å². The van der Waals surface area contributed by atoms with Gasteiger partial charge >= 0.3 is 0 Å².